The van der Waals surface area contributed by atoms with Crippen LogP contribution in [-0.2, 0) is 0 Å². The number of carbonyl (C=O) groups excluding carboxylic acids is 1. The van der Waals surface area contributed by atoms with E-state index in [1.807, 2.05) is 4.90 Å². The number of nitrogens with one attached hydrogen (secondary N) is 1. The third kappa shape index (κ3) is 3.13. The zero-order valence-electron chi connectivity index (χ0n) is 14.3. The molecule has 0 unspecified atom stereocenters. The summed E-state index contributed by atoms with van der Waals surface area (Å²) in [4.78, 5) is 20.0. The fraction of sp³-hybridized carbons (Fsp3) is 0.474. The highest BCUT2D eigenvalue weighted by Crippen LogP contribution is 2.40. The molecule has 128 valence electrons. The Balaban J connectivity index is 0.00000169. The Kier molecular flexibility index (Phi) is 4.79. The van der Waals surface area contributed by atoms with Crippen molar-refractivity contribution < 1.29 is 4.79 Å². The number of hydrogen-bond acceptors (Lipinski definition) is 3. The predicted octanol–water partition coefficient (Wildman–Crippen LogP) is 3.20. The minimum atomic E-state index is 0. The highest BCUT2D eigenvalue weighted by molar-refractivity contribution is 6.07. The summed E-state index contributed by atoms with van der Waals surface area (Å²) >= 11 is 0. The van der Waals surface area contributed by atoms with E-state index in [0.717, 1.165) is 53.9 Å². The molecule has 1 N–H and O–H groups in total. The van der Waals surface area contributed by atoms with Gasteiger partial charge in [0, 0.05) is 43.2 Å². The number of aromatic nitrogens is 1. The molecule has 0 spiro atoms. The van der Waals surface area contributed by atoms with Gasteiger partial charge in [-0.25, -0.2) is 0 Å². The van der Waals surface area contributed by atoms with E-state index in [2.05, 4.69) is 37.4 Å². The van der Waals surface area contributed by atoms with E-state index in [9.17, 15) is 4.79 Å². The standard InChI is InChI=1S/C19H23N3O.ClH/c1-12-9-13(2)18-15(10-12)16(11-17(21-18)14-3-4-14)19(23)22-7-5-20-6-8-22;/h9-11,14,20H,3-8H2,1-2H3;1H. The van der Waals surface area contributed by atoms with Crippen LogP contribution in [0.15, 0.2) is 18.2 Å². The summed E-state index contributed by atoms with van der Waals surface area (Å²) in [5, 5.41) is 4.32. The summed E-state index contributed by atoms with van der Waals surface area (Å²) in [7, 11) is 0. The van der Waals surface area contributed by atoms with Crippen LogP contribution in [0.3, 0.4) is 0 Å². The van der Waals surface area contributed by atoms with Crippen LogP contribution >= 0.6 is 12.4 Å². The van der Waals surface area contributed by atoms with Gasteiger partial charge in [0.1, 0.15) is 0 Å². The van der Waals surface area contributed by atoms with Gasteiger partial charge in [0.25, 0.3) is 5.91 Å². The SMILES string of the molecule is Cc1cc(C)c2nc(C3CC3)cc(C(=O)N3CCNCC3)c2c1.Cl. The molecule has 0 bridgehead atoms. The smallest absolute Gasteiger partial charge is 0.254 e. The van der Waals surface area contributed by atoms with Crippen molar-refractivity contribution in [2.24, 2.45) is 0 Å². The maximum absolute atomic E-state index is 13.1. The maximum Gasteiger partial charge on any atom is 0.254 e. The van der Waals surface area contributed by atoms with Gasteiger partial charge in [0.05, 0.1) is 11.1 Å². The highest BCUT2D eigenvalue weighted by Gasteiger charge is 2.28. The van der Waals surface area contributed by atoms with E-state index < -0.39 is 0 Å². The summed E-state index contributed by atoms with van der Waals surface area (Å²) in [5.74, 6) is 0.709. The van der Waals surface area contributed by atoms with Crippen molar-refractivity contribution in [2.75, 3.05) is 26.2 Å². The minimum Gasteiger partial charge on any atom is -0.336 e. The third-order valence-corrected chi connectivity index (χ3v) is 4.90. The molecule has 5 heteroatoms. The molecular weight excluding hydrogens is 322 g/mol. The Hall–Kier alpha value is -1.65. The predicted molar refractivity (Wildman–Crippen MR) is 99.2 cm³/mol. The number of pyridine rings is 1. The molecule has 1 saturated carbocycles. The van der Waals surface area contributed by atoms with Gasteiger partial charge in [-0.15, -0.1) is 12.4 Å². The van der Waals surface area contributed by atoms with Crippen LogP contribution in [0.2, 0.25) is 0 Å². The molecule has 2 aliphatic rings. The number of rotatable bonds is 2. The van der Waals surface area contributed by atoms with E-state index in [4.69, 9.17) is 4.98 Å². The van der Waals surface area contributed by atoms with Crippen LogP contribution in [-0.4, -0.2) is 42.0 Å². The second kappa shape index (κ2) is 6.69. The van der Waals surface area contributed by atoms with Crippen LogP contribution < -0.4 is 5.32 Å². The Morgan fingerprint density at radius 3 is 2.54 bits per heavy atom. The summed E-state index contributed by atoms with van der Waals surface area (Å²) in [6, 6.07) is 6.33. The highest BCUT2D eigenvalue weighted by atomic mass is 35.5. The number of nitrogens with zero attached hydrogens (tertiary/aromatic N) is 2. The van der Waals surface area contributed by atoms with Crippen molar-refractivity contribution in [2.45, 2.75) is 32.6 Å². The number of amides is 1. The summed E-state index contributed by atoms with van der Waals surface area (Å²) in [5.41, 5.74) is 5.29. The van der Waals surface area contributed by atoms with Crippen molar-refractivity contribution in [3.8, 4) is 0 Å². The molecule has 4 nitrogen and oxygen atoms in total. The van der Waals surface area contributed by atoms with Gasteiger partial charge in [0.15, 0.2) is 0 Å². The average molecular weight is 346 g/mol. The van der Waals surface area contributed by atoms with Gasteiger partial charge in [-0.05, 0) is 44.4 Å². The molecule has 0 atom stereocenters. The van der Waals surface area contributed by atoms with Crippen molar-refractivity contribution in [1.29, 1.82) is 0 Å². The van der Waals surface area contributed by atoms with Crippen molar-refractivity contribution in [1.82, 2.24) is 15.2 Å². The number of hydrogen-bond donors (Lipinski definition) is 1. The van der Waals surface area contributed by atoms with Gasteiger partial charge >= 0.3 is 0 Å². The molecular formula is C19H24ClN3O. The zero-order valence-corrected chi connectivity index (χ0v) is 15.1. The molecule has 4 rings (SSSR count). The topological polar surface area (TPSA) is 45.2 Å². The van der Waals surface area contributed by atoms with Crippen LogP contribution in [0.25, 0.3) is 10.9 Å². The number of aryl methyl sites for hydroxylation is 2. The zero-order chi connectivity index (χ0) is 16.0. The molecule has 1 aliphatic heterocycles. The third-order valence-electron chi connectivity index (χ3n) is 4.90. The number of halogens is 1. The van der Waals surface area contributed by atoms with Gasteiger partial charge in [-0.2, -0.15) is 0 Å². The normalized spacial score (nSPS) is 17.7. The lowest BCUT2D eigenvalue weighted by atomic mass is 9.99. The monoisotopic (exact) mass is 345 g/mol. The van der Waals surface area contributed by atoms with E-state index in [1.165, 1.54) is 18.4 Å². The number of piperazine rings is 1. The Morgan fingerprint density at radius 1 is 1.17 bits per heavy atom. The fourth-order valence-electron chi connectivity index (χ4n) is 3.50. The van der Waals surface area contributed by atoms with E-state index in [1.54, 1.807) is 0 Å². The lowest BCUT2D eigenvalue weighted by molar-refractivity contribution is 0.0737. The van der Waals surface area contributed by atoms with Crippen LogP contribution in [0.1, 0.15) is 45.9 Å². The number of carbonyl (C=O) groups is 1. The van der Waals surface area contributed by atoms with Crippen molar-refractivity contribution in [3.63, 3.8) is 0 Å². The molecule has 1 aromatic carbocycles. The average Bonchev–Trinajstić information content (AvgIpc) is 3.39. The first-order valence-electron chi connectivity index (χ1n) is 8.55. The molecule has 2 fully saturated rings. The van der Waals surface area contributed by atoms with E-state index >= 15 is 0 Å². The van der Waals surface area contributed by atoms with Gasteiger partial charge in [-0.1, -0.05) is 11.6 Å². The first-order chi connectivity index (χ1) is 11.1. The Labute approximate surface area is 149 Å². The molecule has 2 heterocycles. The second-order valence-electron chi connectivity index (χ2n) is 6.89. The van der Waals surface area contributed by atoms with Crippen molar-refractivity contribution >= 4 is 29.2 Å². The van der Waals surface area contributed by atoms with Crippen LogP contribution in [0, 0.1) is 13.8 Å². The van der Waals surface area contributed by atoms with Crippen molar-refractivity contribution in [3.05, 3.63) is 40.6 Å². The molecule has 2 aromatic rings. The molecule has 1 aromatic heterocycles. The Bertz CT molecular complexity index is 780. The maximum atomic E-state index is 13.1. The van der Waals surface area contributed by atoms with E-state index in [0.29, 0.717) is 5.92 Å². The second-order valence-corrected chi connectivity index (χ2v) is 6.89. The Morgan fingerprint density at radius 2 is 1.88 bits per heavy atom. The summed E-state index contributed by atoms with van der Waals surface area (Å²) in [6.07, 6.45) is 2.40. The van der Waals surface area contributed by atoms with Crippen LogP contribution in [0.4, 0.5) is 0 Å². The van der Waals surface area contributed by atoms with Crippen LogP contribution in [0.5, 0.6) is 0 Å². The first-order valence-corrected chi connectivity index (χ1v) is 8.55. The molecule has 1 amide bonds. The van der Waals surface area contributed by atoms with Gasteiger partial charge in [-0.3, -0.25) is 9.78 Å². The lowest BCUT2D eigenvalue weighted by Gasteiger charge is -2.28. The minimum absolute atomic E-state index is 0. The van der Waals surface area contributed by atoms with Gasteiger partial charge < -0.3 is 10.2 Å². The molecule has 1 aliphatic carbocycles. The fourth-order valence-corrected chi connectivity index (χ4v) is 3.50. The summed E-state index contributed by atoms with van der Waals surface area (Å²) in [6.45, 7) is 7.50. The molecule has 0 radical (unpaired) electrons. The lowest BCUT2D eigenvalue weighted by Crippen LogP contribution is -2.46. The number of benzene rings is 1. The first kappa shape index (κ1) is 17.2. The number of fused-ring (bicyclic) bond motifs is 1. The molecule has 1 saturated heterocycles. The van der Waals surface area contributed by atoms with E-state index in [-0.39, 0.29) is 18.3 Å². The summed E-state index contributed by atoms with van der Waals surface area (Å²) < 4.78 is 0. The largest absolute Gasteiger partial charge is 0.336 e. The van der Waals surface area contributed by atoms with Gasteiger partial charge in [0.2, 0.25) is 0 Å². The molecule has 24 heavy (non-hydrogen) atoms. The quantitative estimate of drug-likeness (QED) is 0.909.